The van der Waals surface area contributed by atoms with Gasteiger partial charge in [0.05, 0.1) is 16.6 Å². The van der Waals surface area contributed by atoms with Gasteiger partial charge in [-0.05, 0) is 66.2 Å². The average molecular weight is 495 g/mol. The summed E-state index contributed by atoms with van der Waals surface area (Å²) in [5, 5.41) is 14.0. The molecule has 2 fully saturated rings. The summed E-state index contributed by atoms with van der Waals surface area (Å²) in [5.74, 6) is 0.777. The largest absolute Gasteiger partial charge is 0.302 e. The molecule has 1 aliphatic heterocycles. The summed E-state index contributed by atoms with van der Waals surface area (Å²) in [6.45, 7) is 5.39. The fraction of sp³-hybridized carbons (Fsp3) is 0.462. The van der Waals surface area contributed by atoms with Crippen LogP contribution in [0.15, 0.2) is 41.7 Å². The van der Waals surface area contributed by atoms with Crippen LogP contribution in [0.4, 0.5) is 4.39 Å². The van der Waals surface area contributed by atoms with Crippen molar-refractivity contribution < 1.29 is 4.39 Å². The van der Waals surface area contributed by atoms with Gasteiger partial charge in [0.1, 0.15) is 12.1 Å². The Morgan fingerprint density at radius 1 is 1.26 bits per heavy atom. The number of nitrogens with zero attached hydrogens (tertiary/aromatic N) is 6. The predicted molar refractivity (Wildman–Crippen MR) is 133 cm³/mol. The van der Waals surface area contributed by atoms with Gasteiger partial charge < -0.3 is 4.90 Å². The molecule has 2 aliphatic rings. The van der Waals surface area contributed by atoms with Gasteiger partial charge in [-0.15, -0.1) is 10.2 Å². The number of benzene rings is 1. The van der Waals surface area contributed by atoms with E-state index in [1.54, 1.807) is 23.7 Å². The van der Waals surface area contributed by atoms with Crippen LogP contribution < -0.4 is 5.56 Å². The molecule has 6 rings (SSSR count). The molecule has 3 aromatic heterocycles. The van der Waals surface area contributed by atoms with Crippen LogP contribution in [0.2, 0.25) is 5.02 Å². The van der Waals surface area contributed by atoms with Crippen LogP contribution in [0, 0.1) is 23.1 Å². The normalized spacial score (nSPS) is 18.7. The van der Waals surface area contributed by atoms with E-state index in [0.717, 1.165) is 37.0 Å². The lowest BCUT2D eigenvalue weighted by Crippen LogP contribution is -2.63. The Balaban J connectivity index is 1.03. The van der Waals surface area contributed by atoms with Crippen LogP contribution in [0.3, 0.4) is 0 Å². The highest BCUT2D eigenvalue weighted by Crippen LogP contribution is 2.53. The molecular formula is C26H28ClFN6O. The molecule has 9 heteroatoms. The zero-order valence-electron chi connectivity index (χ0n) is 19.9. The van der Waals surface area contributed by atoms with Gasteiger partial charge in [-0.25, -0.2) is 9.07 Å². The maximum absolute atomic E-state index is 14.4. The van der Waals surface area contributed by atoms with Crippen LogP contribution in [0.1, 0.15) is 30.9 Å². The van der Waals surface area contributed by atoms with Crippen LogP contribution >= 0.6 is 11.6 Å². The standard InChI is InChI=1S/C26H28ClFN6O/c1-16(5-19-7-23-31-29-15-34(23)12-22(19)28)11-33-13-26(14-33)8-17(9-26)6-18-3-4-21(27)24-20(18)10-30-32(2)25(24)35/h3-4,7,10,12,15-17H,5-6,8-9,11,13-14H2,1-2H3/t16-/m1/s1. The first-order valence-corrected chi connectivity index (χ1v) is 12.5. The van der Waals surface area contributed by atoms with E-state index in [2.05, 4.69) is 27.1 Å². The van der Waals surface area contributed by atoms with Gasteiger partial charge >= 0.3 is 0 Å². The van der Waals surface area contributed by atoms with Gasteiger partial charge in [-0.1, -0.05) is 24.6 Å². The third-order valence-electron chi connectivity index (χ3n) is 7.82. The summed E-state index contributed by atoms with van der Waals surface area (Å²) in [7, 11) is 1.65. The number of hydrogen-bond acceptors (Lipinski definition) is 5. The zero-order valence-corrected chi connectivity index (χ0v) is 20.7. The molecule has 0 N–H and O–H groups in total. The van der Waals surface area contributed by atoms with E-state index in [1.807, 2.05) is 12.1 Å². The second-order valence-corrected chi connectivity index (χ2v) is 11.2. The van der Waals surface area contributed by atoms with Crippen LogP contribution in [-0.4, -0.2) is 48.9 Å². The van der Waals surface area contributed by atoms with Gasteiger partial charge in [0.2, 0.25) is 0 Å². The lowest BCUT2D eigenvalue weighted by molar-refractivity contribution is -0.0980. The topological polar surface area (TPSA) is 68.3 Å². The number of halogens is 2. The highest BCUT2D eigenvalue weighted by molar-refractivity contribution is 6.35. The molecule has 7 nitrogen and oxygen atoms in total. The number of likely N-dealkylation sites (tertiary alicyclic amines) is 1. The van der Waals surface area contributed by atoms with E-state index in [9.17, 15) is 9.18 Å². The summed E-state index contributed by atoms with van der Waals surface area (Å²) in [6.07, 6.45) is 8.80. The summed E-state index contributed by atoms with van der Waals surface area (Å²) in [4.78, 5) is 15.0. The van der Waals surface area contributed by atoms with E-state index in [-0.39, 0.29) is 11.4 Å². The van der Waals surface area contributed by atoms with Crippen molar-refractivity contribution >= 4 is 28.0 Å². The molecule has 0 unspecified atom stereocenters. The Bertz CT molecular complexity index is 1480. The van der Waals surface area contributed by atoms with Crippen molar-refractivity contribution in [3.8, 4) is 0 Å². The van der Waals surface area contributed by atoms with Crippen molar-refractivity contribution in [3.63, 3.8) is 0 Å². The van der Waals surface area contributed by atoms with Crippen molar-refractivity contribution in [2.45, 2.75) is 32.6 Å². The maximum atomic E-state index is 14.4. The second-order valence-electron chi connectivity index (χ2n) is 10.8. The molecule has 1 saturated heterocycles. The minimum atomic E-state index is -0.200. The highest BCUT2D eigenvalue weighted by Gasteiger charge is 2.51. The van der Waals surface area contributed by atoms with Gasteiger partial charge in [0, 0.05) is 38.3 Å². The van der Waals surface area contributed by atoms with E-state index in [1.165, 1.54) is 30.0 Å². The summed E-state index contributed by atoms with van der Waals surface area (Å²) < 4.78 is 17.4. The Morgan fingerprint density at radius 2 is 2.06 bits per heavy atom. The molecule has 1 aromatic carbocycles. The monoisotopic (exact) mass is 494 g/mol. The van der Waals surface area contributed by atoms with Crippen LogP contribution in [-0.2, 0) is 19.9 Å². The molecule has 1 spiro atoms. The Kier molecular flexibility index (Phi) is 5.41. The summed E-state index contributed by atoms with van der Waals surface area (Å²) in [5.41, 5.74) is 2.82. The molecule has 4 heterocycles. The average Bonchev–Trinajstić information content (AvgIpc) is 3.21. The lowest BCUT2D eigenvalue weighted by atomic mass is 9.56. The third-order valence-corrected chi connectivity index (χ3v) is 8.14. The van der Waals surface area contributed by atoms with Crippen molar-refractivity contribution in [3.05, 3.63) is 69.2 Å². The zero-order chi connectivity index (χ0) is 24.3. The quantitative estimate of drug-likeness (QED) is 0.406. The SMILES string of the molecule is C[C@H](Cc1cc2nncn2cc1F)CN1CC2(CC(Cc3ccc(Cl)c4c(=O)n(C)ncc34)C2)C1. The Labute approximate surface area is 207 Å². The smallest absolute Gasteiger partial charge is 0.275 e. The molecular weight excluding hydrogens is 467 g/mol. The minimum absolute atomic E-state index is 0.149. The van der Waals surface area contributed by atoms with Crippen molar-refractivity contribution in [1.29, 1.82) is 0 Å². The number of pyridine rings is 1. The molecule has 0 bridgehead atoms. The van der Waals surface area contributed by atoms with Crippen molar-refractivity contribution in [1.82, 2.24) is 29.3 Å². The Hall–Kier alpha value is -2.84. The van der Waals surface area contributed by atoms with E-state index < -0.39 is 0 Å². The van der Waals surface area contributed by atoms with E-state index in [0.29, 0.717) is 45.3 Å². The van der Waals surface area contributed by atoms with E-state index >= 15 is 0 Å². The number of hydrogen-bond donors (Lipinski definition) is 0. The number of aryl methyl sites for hydroxylation is 1. The lowest BCUT2D eigenvalue weighted by Gasteiger charge is -2.60. The molecule has 1 saturated carbocycles. The van der Waals surface area contributed by atoms with Gasteiger partial charge in [-0.2, -0.15) is 5.10 Å². The first kappa shape index (κ1) is 22.6. The van der Waals surface area contributed by atoms with Gasteiger partial charge in [0.25, 0.3) is 5.56 Å². The number of fused-ring (bicyclic) bond motifs is 2. The minimum Gasteiger partial charge on any atom is -0.302 e. The highest BCUT2D eigenvalue weighted by atomic mass is 35.5. The third kappa shape index (κ3) is 4.02. The predicted octanol–water partition coefficient (Wildman–Crippen LogP) is 3.90. The molecule has 182 valence electrons. The van der Waals surface area contributed by atoms with Crippen LogP contribution in [0.5, 0.6) is 0 Å². The van der Waals surface area contributed by atoms with Gasteiger partial charge in [-0.3, -0.25) is 9.20 Å². The molecule has 35 heavy (non-hydrogen) atoms. The number of aromatic nitrogens is 5. The fourth-order valence-corrected chi connectivity index (χ4v) is 6.61. The van der Waals surface area contributed by atoms with Crippen LogP contribution in [0.25, 0.3) is 16.4 Å². The molecule has 1 aliphatic carbocycles. The molecule has 0 radical (unpaired) electrons. The van der Waals surface area contributed by atoms with E-state index in [4.69, 9.17) is 11.6 Å². The number of rotatable bonds is 6. The van der Waals surface area contributed by atoms with Crippen molar-refractivity contribution in [2.24, 2.45) is 24.3 Å². The first-order chi connectivity index (χ1) is 16.8. The maximum Gasteiger partial charge on any atom is 0.275 e. The summed E-state index contributed by atoms with van der Waals surface area (Å²) >= 11 is 6.33. The molecule has 1 atom stereocenters. The molecule has 4 aromatic rings. The van der Waals surface area contributed by atoms with Crippen molar-refractivity contribution in [2.75, 3.05) is 19.6 Å². The fourth-order valence-electron chi connectivity index (χ4n) is 6.37. The second kappa shape index (κ2) is 8.38. The first-order valence-electron chi connectivity index (χ1n) is 12.1. The molecule has 0 amide bonds. The Morgan fingerprint density at radius 3 is 2.86 bits per heavy atom. The summed E-state index contributed by atoms with van der Waals surface area (Å²) in [6, 6.07) is 5.69. The van der Waals surface area contributed by atoms with Gasteiger partial charge in [0.15, 0.2) is 5.65 Å².